The molecule has 428 valence electrons. The lowest BCUT2D eigenvalue weighted by atomic mass is 9.83. The van der Waals surface area contributed by atoms with E-state index in [2.05, 4.69) is 63.9 Å². The molecule has 4 aliphatic heterocycles. The molecule has 5 atom stereocenters. The summed E-state index contributed by atoms with van der Waals surface area (Å²) in [7, 11) is 1.90. The number of β-amino-alcohol motifs (C(OH)–C–C–N with tert-alkyl or cyclic N) is 1. The van der Waals surface area contributed by atoms with Gasteiger partial charge in [0.25, 0.3) is 0 Å². The first-order chi connectivity index (χ1) is 39.2. The molecule has 81 heavy (non-hydrogen) atoms. The fourth-order valence-electron chi connectivity index (χ4n) is 13.0. The van der Waals surface area contributed by atoms with Gasteiger partial charge in [0, 0.05) is 82.8 Å². The Hall–Kier alpha value is -7.11. The first-order valence-corrected chi connectivity index (χ1v) is 29.4. The van der Waals surface area contributed by atoms with Crippen LogP contribution in [-0.4, -0.2) is 154 Å². The molecule has 5 fully saturated rings. The molecule has 1 unspecified atom stereocenters. The van der Waals surface area contributed by atoms with Gasteiger partial charge in [-0.15, -0.1) is 10.2 Å². The Morgan fingerprint density at radius 1 is 0.864 bits per heavy atom. The number of phenolic OH excluding ortho intramolecular Hbond substituents is 1. The van der Waals surface area contributed by atoms with Crippen molar-refractivity contribution in [3.05, 3.63) is 108 Å². The van der Waals surface area contributed by atoms with Gasteiger partial charge in [-0.2, -0.15) is 10.2 Å². The predicted molar refractivity (Wildman–Crippen MR) is 308 cm³/mol. The number of hydrogen-bond donors (Lipinski definition) is 4. The molecule has 11 rings (SSSR count). The molecule has 4 aromatic heterocycles. The van der Waals surface area contributed by atoms with Crippen LogP contribution in [0.4, 0.5) is 11.6 Å². The van der Waals surface area contributed by atoms with Crippen molar-refractivity contribution in [3.8, 4) is 40.1 Å². The smallest absolute Gasteiger partial charge is 0.243 e. The van der Waals surface area contributed by atoms with Crippen LogP contribution in [0.25, 0.3) is 22.5 Å². The van der Waals surface area contributed by atoms with E-state index in [9.17, 15) is 19.8 Å². The Bertz CT molecular complexity index is 3170. The number of aromatic nitrogens is 7. The molecule has 0 spiro atoms. The number of nitrogens with two attached hydrogens (primary N) is 1. The van der Waals surface area contributed by atoms with Crippen molar-refractivity contribution in [2.24, 2.45) is 24.8 Å². The summed E-state index contributed by atoms with van der Waals surface area (Å²) in [4.78, 5) is 37.4. The highest BCUT2D eigenvalue weighted by Gasteiger charge is 2.44. The van der Waals surface area contributed by atoms with Gasteiger partial charge in [-0.3, -0.25) is 19.0 Å². The molecule has 2 amide bonds. The van der Waals surface area contributed by atoms with Gasteiger partial charge >= 0.3 is 0 Å². The Balaban J connectivity index is 0.580. The third-order valence-corrected chi connectivity index (χ3v) is 18.1. The number of amides is 2. The molecule has 0 radical (unpaired) electrons. The summed E-state index contributed by atoms with van der Waals surface area (Å²) in [6.07, 6.45) is 14.5. The van der Waals surface area contributed by atoms with Crippen LogP contribution in [0.1, 0.15) is 126 Å². The zero-order valence-electron chi connectivity index (χ0n) is 47.5. The van der Waals surface area contributed by atoms with Crippen LogP contribution in [0, 0.1) is 29.6 Å². The van der Waals surface area contributed by atoms with Crippen molar-refractivity contribution in [1.29, 1.82) is 0 Å². The van der Waals surface area contributed by atoms with Crippen molar-refractivity contribution in [2.75, 3.05) is 63.0 Å². The number of nitrogens with one attached hydrogen (secondary N) is 1. The second-order valence-corrected chi connectivity index (χ2v) is 23.8. The monoisotopic (exact) mass is 1100 g/mol. The van der Waals surface area contributed by atoms with E-state index in [0.29, 0.717) is 52.7 Å². The number of aliphatic hydroxyl groups excluding tert-OH is 1. The van der Waals surface area contributed by atoms with Crippen LogP contribution in [-0.2, 0) is 21.4 Å². The molecular weight excluding hydrogens is 1020 g/mol. The molecule has 2 aromatic carbocycles. The van der Waals surface area contributed by atoms with Crippen molar-refractivity contribution < 1.29 is 29.1 Å². The molecule has 19 heteroatoms. The van der Waals surface area contributed by atoms with E-state index in [4.69, 9.17) is 20.1 Å². The zero-order chi connectivity index (χ0) is 56.3. The van der Waals surface area contributed by atoms with Crippen LogP contribution in [0.2, 0.25) is 0 Å². The van der Waals surface area contributed by atoms with Gasteiger partial charge in [-0.1, -0.05) is 67.2 Å². The molecule has 6 aromatic rings. The van der Waals surface area contributed by atoms with E-state index in [1.54, 1.807) is 36.7 Å². The summed E-state index contributed by atoms with van der Waals surface area (Å²) in [6, 6.07) is 20.4. The Morgan fingerprint density at radius 2 is 1.62 bits per heavy atom. The number of para-hydroxylation sites is 1. The summed E-state index contributed by atoms with van der Waals surface area (Å²) >= 11 is 0. The molecule has 1 aliphatic carbocycles. The van der Waals surface area contributed by atoms with Crippen molar-refractivity contribution in [2.45, 2.75) is 134 Å². The summed E-state index contributed by atoms with van der Waals surface area (Å²) in [5.41, 5.74) is 11.5. The average Bonchev–Trinajstić information content (AvgIpc) is 4.33. The maximum absolute atomic E-state index is 14.4. The number of aromatic hydroxyl groups is 1. The number of benzene rings is 2. The molecule has 0 bridgehead atoms. The predicted octanol–water partition coefficient (Wildman–Crippen LogP) is 7.20. The standard InChI is InChI=1S/C62H79N13O6/c1-39(2)59(62(79)74-38-49(76)33-55(74)61(78)66-40(3)44-12-14-46(15-13-44)54-16-23-64-70(54)5)57-34-58(69-81-57)73-26-17-42(18-27-73)36-71-24-21-50(22-25-71)80-51-31-48(32-51)72-28-19-45(20-29-72)41(4)75-37-43(35-65-75)10-11-47-30-53(67-68-60(47)63)52-8-6-7-9-56(52)77/h6-9,12-16,23,30,34-35,37,39-42,45,48-51,55,59,76-77H,17-22,24-29,31-33,36,38H2,1-5H3,(H2,63,68)(H,66,78)/t40-,41?,48?,49+,51?,55-,59+/m0/s1. The molecule has 4 saturated heterocycles. The van der Waals surface area contributed by atoms with Gasteiger partial charge in [-0.05, 0) is 131 Å². The molecule has 5 aliphatic rings. The van der Waals surface area contributed by atoms with Crippen LogP contribution in [0.5, 0.6) is 5.75 Å². The number of aryl methyl sites for hydroxylation is 1. The quantitative estimate of drug-likeness (QED) is 0.0704. The van der Waals surface area contributed by atoms with Crippen molar-refractivity contribution >= 4 is 23.5 Å². The fraction of sp³-hybridized carbons (Fsp3) is 0.532. The molecule has 8 heterocycles. The van der Waals surface area contributed by atoms with Gasteiger partial charge < -0.3 is 50.1 Å². The fourth-order valence-corrected chi connectivity index (χ4v) is 13.0. The molecular formula is C62H79N13O6. The number of phenols is 1. The number of piperidine rings is 3. The van der Waals surface area contributed by atoms with Crippen LogP contribution < -0.4 is 16.0 Å². The van der Waals surface area contributed by atoms with Crippen LogP contribution in [0.15, 0.2) is 89.8 Å². The maximum Gasteiger partial charge on any atom is 0.243 e. The van der Waals surface area contributed by atoms with E-state index < -0.39 is 18.1 Å². The number of carbonyl (C=O) groups is 2. The van der Waals surface area contributed by atoms with Gasteiger partial charge in [-0.25, -0.2) is 0 Å². The van der Waals surface area contributed by atoms with Gasteiger partial charge in [0.1, 0.15) is 17.7 Å². The summed E-state index contributed by atoms with van der Waals surface area (Å²) < 4.78 is 16.5. The van der Waals surface area contributed by atoms with E-state index in [1.165, 1.54) is 4.90 Å². The van der Waals surface area contributed by atoms with Gasteiger partial charge in [0.15, 0.2) is 17.4 Å². The minimum absolute atomic E-state index is 0.0860. The number of nitrogen functional groups attached to an aromatic ring is 1. The number of likely N-dealkylation sites (tertiary alicyclic amines) is 3. The Kier molecular flexibility index (Phi) is 16.9. The number of aliphatic hydroxyl groups is 1. The normalized spacial score (nSPS) is 22.8. The lowest BCUT2D eigenvalue weighted by Crippen LogP contribution is -2.52. The van der Waals surface area contributed by atoms with E-state index in [0.717, 1.165) is 125 Å². The zero-order valence-corrected chi connectivity index (χ0v) is 47.5. The molecule has 19 nitrogen and oxygen atoms in total. The highest BCUT2D eigenvalue weighted by molar-refractivity contribution is 5.91. The largest absolute Gasteiger partial charge is 0.507 e. The maximum atomic E-state index is 14.4. The SMILES string of the molecule is CC(C)[C@@H](C(=O)N1C[C@H](O)C[C@H]1C(=O)N[C@@H](C)c1ccc(-c2ccnn2C)cc1)c1cc(N2CCC(CN3CCC(OC4CC(N5CCC(C(C)n6cc(C#Cc7cc(-c8ccccc8O)nnc7N)cn6)CC5)C4)CC3)CC2)no1. The van der Waals surface area contributed by atoms with Crippen LogP contribution >= 0.6 is 0 Å². The minimum atomic E-state index is -0.801. The summed E-state index contributed by atoms with van der Waals surface area (Å²) in [5.74, 6) is 7.79. The van der Waals surface area contributed by atoms with Gasteiger partial charge in [0.05, 0.1) is 59.1 Å². The first kappa shape index (κ1) is 55.8. The second-order valence-electron chi connectivity index (χ2n) is 23.8. The number of carbonyl (C=O) groups excluding carboxylic acids is 2. The van der Waals surface area contributed by atoms with E-state index in [-0.39, 0.29) is 54.3 Å². The summed E-state index contributed by atoms with van der Waals surface area (Å²) in [5, 5.41) is 45.9. The van der Waals surface area contributed by atoms with Crippen molar-refractivity contribution in [1.82, 2.24) is 54.9 Å². The third-order valence-electron chi connectivity index (χ3n) is 18.1. The number of ether oxygens (including phenoxy) is 1. The highest BCUT2D eigenvalue weighted by Crippen LogP contribution is 2.38. The first-order valence-electron chi connectivity index (χ1n) is 29.4. The van der Waals surface area contributed by atoms with Crippen LogP contribution in [0.3, 0.4) is 0 Å². The summed E-state index contributed by atoms with van der Waals surface area (Å²) in [6.45, 7) is 15.4. The average molecular weight is 1100 g/mol. The number of hydrogen-bond acceptors (Lipinski definition) is 15. The van der Waals surface area contributed by atoms with E-state index in [1.807, 2.05) is 81.2 Å². The molecule has 5 N–H and O–H groups in total. The lowest BCUT2D eigenvalue weighted by molar-refractivity contribution is -0.141. The lowest BCUT2D eigenvalue weighted by Gasteiger charge is -2.47. The molecule has 1 saturated carbocycles. The Labute approximate surface area is 475 Å². The number of rotatable bonds is 16. The van der Waals surface area contributed by atoms with Gasteiger partial charge in [0.2, 0.25) is 11.8 Å². The number of anilines is 2. The topological polar surface area (TPSA) is 222 Å². The third kappa shape index (κ3) is 12.7. The van der Waals surface area contributed by atoms with Crippen molar-refractivity contribution in [3.63, 3.8) is 0 Å². The number of nitrogens with zero attached hydrogens (tertiary/aromatic N) is 11. The highest BCUT2D eigenvalue weighted by atomic mass is 16.5. The second kappa shape index (κ2) is 24.5. The Morgan fingerprint density at radius 3 is 2.33 bits per heavy atom. The van der Waals surface area contributed by atoms with E-state index >= 15 is 0 Å². The minimum Gasteiger partial charge on any atom is -0.507 e.